The summed E-state index contributed by atoms with van der Waals surface area (Å²) in [6, 6.07) is 0. The molecule has 0 saturated carbocycles. The topological polar surface area (TPSA) is 62.5 Å². The Labute approximate surface area is 121 Å². The molecule has 1 aromatic heterocycles. The minimum Gasteiger partial charge on any atom is -0.361 e. The van der Waals surface area contributed by atoms with Crippen LogP contribution in [0.4, 0.5) is 0 Å². The van der Waals surface area contributed by atoms with Crippen LogP contribution < -0.4 is 10.6 Å². The lowest BCUT2D eigenvalue weighted by Crippen LogP contribution is -2.37. The van der Waals surface area contributed by atoms with Gasteiger partial charge in [-0.3, -0.25) is 4.99 Å². The second kappa shape index (κ2) is 9.18. The molecule has 0 radical (unpaired) electrons. The Morgan fingerprint density at radius 3 is 2.70 bits per heavy atom. The third-order valence-corrected chi connectivity index (χ3v) is 3.10. The first-order valence-electron chi connectivity index (χ1n) is 7.28. The third-order valence-electron chi connectivity index (χ3n) is 3.10. The van der Waals surface area contributed by atoms with Crippen molar-refractivity contribution in [1.29, 1.82) is 0 Å². The van der Waals surface area contributed by atoms with Gasteiger partial charge in [-0.25, -0.2) is 0 Å². The van der Waals surface area contributed by atoms with Gasteiger partial charge in [0.05, 0.1) is 5.69 Å². The number of hydrogen-bond acceptors (Lipinski definition) is 3. The van der Waals surface area contributed by atoms with E-state index in [1.165, 1.54) is 0 Å². The molecular formula is C15H26N4O. The van der Waals surface area contributed by atoms with Gasteiger partial charge in [0.15, 0.2) is 5.96 Å². The predicted octanol–water partition coefficient (Wildman–Crippen LogP) is 2.43. The van der Waals surface area contributed by atoms with Gasteiger partial charge in [0.2, 0.25) is 0 Å². The number of nitrogens with one attached hydrogen (secondary N) is 2. The van der Waals surface area contributed by atoms with Crippen LogP contribution in [0.3, 0.4) is 0 Å². The van der Waals surface area contributed by atoms with Gasteiger partial charge in [0, 0.05) is 32.1 Å². The van der Waals surface area contributed by atoms with Gasteiger partial charge in [-0.1, -0.05) is 31.2 Å². The lowest BCUT2D eigenvalue weighted by Gasteiger charge is -2.11. The lowest BCUT2D eigenvalue weighted by atomic mass is 10.1. The van der Waals surface area contributed by atoms with Crippen molar-refractivity contribution in [3.63, 3.8) is 0 Å². The molecular weight excluding hydrogens is 252 g/mol. The maximum atomic E-state index is 5.36. The van der Waals surface area contributed by atoms with Crippen molar-refractivity contribution in [1.82, 2.24) is 15.8 Å². The molecule has 0 aliphatic rings. The summed E-state index contributed by atoms with van der Waals surface area (Å²) in [4.78, 5) is 4.22. The third kappa shape index (κ3) is 4.72. The number of rotatable bonds is 7. The van der Waals surface area contributed by atoms with E-state index in [4.69, 9.17) is 4.52 Å². The summed E-state index contributed by atoms with van der Waals surface area (Å²) in [5.41, 5.74) is 2.19. The van der Waals surface area contributed by atoms with Crippen LogP contribution in [-0.4, -0.2) is 24.7 Å². The Morgan fingerprint density at radius 1 is 1.30 bits per heavy atom. The van der Waals surface area contributed by atoms with E-state index < -0.39 is 0 Å². The molecule has 0 atom stereocenters. The van der Waals surface area contributed by atoms with Crippen LogP contribution >= 0.6 is 0 Å². The molecule has 0 amide bonds. The molecule has 0 saturated heterocycles. The van der Waals surface area contributed by atoms with Crippen molar-refractivity contribution in [2.75, 3.05) is 13.6 Å². The summed E-state index contributed by atoms with van der Waals surface area (Å²) in [7, 11) is 1.78. The molecule has 0 aliphatic heterocycles. The Morgan fingerprint density at radius 2 is 2.10 bits per heavy atom. The number of hydrogen-bond donors (Lipinski definition) is 2. The van der Waals surface area contributed by atoms with E-state index >= 15 is 0 Å². The zero-order chi connectivity index (χ0) is 14.8. The van der Waals surface area contributed by atoms with Gasteiger partial charge in [0.25, 0.3) is 0 Å². The van der Waals surface area contributed by atoms with Gasteiger partial charge in [-0.2, -0.15) is 0 Å². The van der Waals surface area contributed by atoms with Crippen LogP contribution in [0.15, 0.2) is 21.7 Å². The summed E-state index contributed by atoms with van der Waals surface area (Å²) in [5, 5.41) is 10.7. The molecule has 0 aliphatic carbocycles. The molecule has 1 aromatic rings. The molecule has 0 fully saturated rings. The monoisotopic (exact) mass is 278 g/mol. The van der Waals surface area contributed by atoms with Crippen LogP contribution in [-0.2, 0) is 19.4 Å². The molecule has 0 unspecified atom stereocenters. The molecule has 0 spiro atoms. The van der Waals surface area contributed by atoms with E-state index in [9.17, 15) is 0 Å². The minimum absolute atomic E-state index is 0.694. The highest BCUT2D eigenvalue weighted by molar-refractivity contribution is 5.79. The van der Waals surface area contributed by atoms with Gasteiger partial charge in [-0.15, -0.1) is 0 Å². The second-order valence-corrected chi connectivity index (χ2v) is 4.45. The number of aromatic nitrogens is 1. The van der Waals surface area contributed by atoms with E-state index in [-0.39, 0.29) is 0 Å². The van der Waals surface area contributed by atoms with Crippen molar-refractivity contribution in [3.05, 3.63) is 29.2 Å². The number of allylic oxidation sites excluding steroid dienone is 1. The Balaban J connectivity index is 2.54. The quantitative estimate of drug-likeness (QED) is 0.348. The molecule has 0 aromatic carbocycles. The molecule has 112 valence electrons. The smallest absolute Gasteiger partial charge is 0.191 e. The first kappa shape index (κ1) is 16.3. The normalized spacial score (nSPS) is 12.1. The van der Waals surface area contributed by atoms with E-state index in [0.29, 0.717) is 6.54 Å². The second-order valence-electron chi connectivity index (χ2n) is 4.45. The van der Waals surface area contributed by atoms with Crippen LogP contribution in [0.5, 0.6) is 0 Å². The van der Waals surface area contributed by atoms with Crippen LogP contribution in [0.1, 0.15) is 44.2 Å². The van der Waals surface area contributed by atoms with Crippen molar-refractivity contribution in [2.45, 2.75) is 46.6 Å². The first-order valence-corrected chi connectivity index (χ1v) is 7.28. The van der Waals surface area contributed by atoms with Gasteiger partial charge in [-0.05, 0) is 19.8 Å². The Kier molecular flexibility index (Phi) is 7.47. The van der Waals surface area contributed by atoms with Crippen molar-refractivity contribution in [3.8, 4) is 0 Å². The first-order chi connectivity index (χ1) is 9.76. The zero-order valence-electron chi connectivity index (χ0n) is 13.0. The molecule has 1 heterocycles. The fraction of sp³-hybridized carbons (Fsp3) is 0.600. The van der Waals surface area contributed by atoms with Gasteiger partial charge in [0.1, 0.15) is 5.76 Å². The van der Waals surface area contributed by atoms with Crippen molar-refractivity contribution >= 4 is 5.96 Å². The van der Waals surface area contributed by atoms with Crippen LogP contribution in [0.2, 0.25) is 0 Å². The highest BCUT2D eigenvalue weighted by atomic mass is 16.5. The molecule has 20 heavy (non-hydrogen) atoms. The highest BCUT2D eigenvalue weighted by Crippen LogP contribution is 2.15. The highest BCUT2D eigenvalue weighted by Gasteiger charge is 2.13. The zero-order valence-corrected chi connectivity index (χ0v) is 13.0. The minimum atomic E-state index is 0.694. The van der Waals surface area contributed by atoms with E-state index in [1.54, 1.807) is 7.05 Å². The van der Waals surface area contributed by atoms with Crippen LogP contribution in [0.25, 0.3) is 0 Å². The predicted molar refractivity (Wildman–Crippen MR) is 82.9 cm³/mol. The summed E-state index contributed by atoms with van der Waals surface area (Å²) < 4.78 is 5.36. The fourth-order valence-electron chi connectivity index (χ4n) is 1.97. The van der Waals surface area contributed by atoms with Crippen LogP contribution in [0, 0.1) is 0 Å². The SMILES string of the molecule is C/C=C/CCNC(=NC)NCc1c(CC)noc1CC. The Bertz CT molecular complexity index is 427. The maximum Gasteiger partial charge on any atom is 0.191 e. The maximum absolute atomic E-state index is 5.36. The van der Waals surface area contributed by atoms with E-state index in [1.807, 2.05) is 6.92 Å². The molecule has 1 rings (SSSR count). The molecule has 0 bridgehead atoms. The number of nitrogens with zero attached hydrogens (tertiary/aromatic N) is 2. The van der Waals surface area contributed by atoms with Crippen molar-refractivity contribution in [2.24, 2.45) is 4.99 Å². The average Bonchev–Trinajstić information content (AvgIpc) is 2.88. The van der Waals surface area contributed by atoms with Gasteiger partial charge >= 0.3 is 0 Å². The molecule has 2 N–H and O–H groups in total. The number of aryl methyl sites for hydroxylation is 2. The summed E-state index contributed by atoms with van der Waals surface area (Å²) in [6.45, 7) is 7.75. The van der Waals surface area contributed by atoms with E-state index in [0.717, 1.165) is 48.8 Å². The summed E-state index contributed by atoms with van der Waals surface area (Å²) in [5.74, 6) is 1.76. The summed E-state index contributed by atoms with van der Waals surface area (Å²) in [6.07, 6.45) is 6.91. The molecule has 5 nitrogen and oxygen atoms in total. The van der Waals surface area contributed by atoms with Crippen molar-refractivity contribution < 1.29 is 4.52 Å². The fourth-order valence-corrected chi connectivity index (χ4v) is 1.97. The largest absolute Gasteiger partial charge is 0.361 e. The lowest BCUT2D eigenvalue weighted by molar-refractivity contribution is 0.380. The number of aliphatic imine (C=N–C) groups is 1. The molecule has 5 heteroatoms. The summed E-state index contributed by atoms with van der Waals surface area (Å²) >= 11 is 0. The van der Waals surface area contributed by atoms with E-state index in [2.05, 4.69) is 46.8 Å². The van der Waals surface area contributed by atoms with Gasteiger partial charge < -0.3 is 15.2 Å². The average molecular weight is 278 g/mol. The Hall–Kier alpha value is -1.78. The standard InChI is InChI=1S/C15H26N4O/c1-5-8-9-10-17-15(16-4)18-11-12-13(6-2)19-20-14(12)7-3/h5,8H,6-7,9-11H2,1-4H3,(H2,16,17,18)/b8-5+. The number of guanidine groups is 1.